The van der Waals surface area contributed by atoms with Crippen LogP contribution in [0.5, 0.6) is 0 Å². The highest BCUT2D eigenvalue weighted by Gasteiger charge is 2.26. The largest absolute Gasteiger partial charge is 0.463 e. The Balaban J connectivity index is 1.56. The number of anilines is 1. The monoisotopic (exact) mass is 392 g/mol. The number of benzene rings is 1. The zero-order valence-corrected chi connectivity index (χ0v) is 16.0. The van der Waals surface area contributed by atoms with Crippen LogP contribution in [0.15, 0.2) is 58.5 Å². The van der Waals surface area contributed by atoms with Crippen LogP contribution in [0.2, 0.25) is 0 Å². The average Bonchev–Trinajstić information content (AvgIpc) is 3.43. The quantitative estimate of drug-likeness (QED) is 0.409. The molecule has 4 aromatic rings. The molecule has 0 bridgehead atoms. The van der Waals surface area contributed by atoms with Gasteiger partial charge in [-0.1, -0.05) is 18.2 Å². The molecule has 1 amide bonds. The average molecular weight is 392 g/mol. The molecule has 8 heteroatoms. The lowest BCUT2D eigenvalue weighted by Crippen LogP contribution is -2.24. The van der Waals surface area contributed by atoms with Crippen LogP contribution in [-0.4, -0.2) is 26.5 Å². The molecule has 0 spiro atoms. The Morgan fingerprint density at radius 3 is 2.61 bits per heavy atom. The smallest absolute Gasteiger partial charge is 0.298 e. The van der Waals surface area contributed by atoms with Crippen LogP contribution in [0.4, 0.5) is 5.13 Å². The Bertz CT molecular complexity index is 1140. The molecule has 0 fully saturated rings. The first-order valence-electron chi connectivity index (χ1n) is 8.51. The van der Waals surface area contributed by atoms with E-state index in [0.717, 1.165) is 5.69 Å². The molecular formula is C20H16N4O3S. The summed E-state index contributed by atoms with van der Waals surface area (Å²) in [5, 5.41) is 9.07. The minimum atomic E-state index is -0.751. The number of Topliss-reactive ketones (excluding diaryl/α,β-unsaturated/α-hetero) is 1. The molecule has 7 nitrogen and oxygen atoms in total. The van der Waals surface area contributed by atoms with Crippen molar-refractivity contribution in [2.45, 2.75) is 13.8 Å². The number of ketones is 1. The molecule has 0 atom stereocenters. The number of furan rings is 1. The maximum atomic E-state index is 12.8. The Labute approximate surface area is 164 Å². The van der Waals surface area contributed by atoms with Crippen molar-refractivity contribution in [2.24, 2.45) is 0 Å². The molecule has 0 unspecified atom stereocenters. The summed E-state index contributed by atoms with van der Waals surface area (Å²) in [6.45, 7) is 3.48. The van der Waals surface area contributed by atoms with Crippen LogP contribution >= 0.6 is 11.3 Å². The van der Waals surface area contributed by atoms with Gasteiger partial charge in [0.1, 0.15) is 5.69 Å². The molecule has 0 aliphatic rings. The fraction of sp³-hybridized carbons (Fsp3) is 0.100. The highest BCUT2D eigenvalue weighted by atomic mass is 32.1. The lowest BCUT2D eigenvalue weighted by atomic mass is 10.1. The number of hydrogen-bond donors (Lipinski definition) is 1. The van der Waals surface area contributed by atoms with Crippen molar-refractivity contribution in [1.82, 2.24) is 14.8 Å². The number of thiazole rings is 1. The second-order valence-corrected chi connectivity index (χ2v) is 6.95. The third-order valence-electron chi connectivity index (χ3n) is 4.22. The van der Waals surface area contributed by atoms with E-state index in [1.807, 2.05) is 30.3 Å². The van der Waals surface area contributed by atoms with Crippen LogP contribution in [0.25, 0.3) is 17.1 Å². The molecular weight excluding hydrogens is 376 g/mol. The van der Waals surface area contributed by atoms with E-state index in [1.54, 1.807) is 42.3 Å². The van der Waals surface area contributed by atoms with Crippen molar-refractivity contribution in [2.75, 3.05) is 5.32 Å². The van der Waals surface area contributed by atoms with Gasteiger partial charge in [0.05, 0.1) is 28.9 Å². The second-order valence-electron chi connectivity index (χ2n) is 6.09. The van der Waals surface area contributed by atoms with Crippen LogP contribution in [0, 0.1) is 13.8 Å². The third kappa shape index (κ3) is 3.25. The van der Waals surface area contributed by atoms with Gasteiger partial charge in [0.2, 0.25) is 0 Å². The van der Waals surface area contributed by atoms with Gasteiger partial charge in [-0.15, -0.1) is 11.3 Å². The van der Waals surface area contributed by atoms with Gasteiger partial charge in [0.15, 0.2) is 10.9 Å². The van der Waals surface area contributed by atoms with Crippen molar-refractivity contribution in [3.63, 3.8) is 0 Å². The van der Waals surface area contributed by atoms with Crippen molar-refractivity contribution in [1.29, 1.82) is 0 Å². The predicted octanol–water partition coefficient (Wildman–Crippen LogP) is 4.03. The minimum absolute atomic E-state index is 0.296. The highest BCUT2D eigenvalue weighted by molar-refractivity contribution is 7.14. The first kappa shape index (κ1) is 17.9. The molecule has 0 radical (unpaired) electrons. The van der Waals surface area contributed by atoms with Gasteiger partial charge in [0, 0.05) is 5.38 Å². The third-order valence-corrected chi connectivity index (χ3v) is 4.98. The Kier molecular flexibility index (Phi) is 4.62. The van der Waals surface area contributed by atoms with E-state index in [2.05, 4.69) is 15.4 Å². The topological polar surface area (TPSA) is 90.0 Å². The first-order chi connectivity index (χ1) is 13.5. The van der Waals surface area contributed by atoms with Gasteiger partial charge in [-0.25, -0.2) is 9.67 Å². The summed E-state index contributed by atoms with van der Waals surface area (Å²) in [5.74, 6) is -0.801. The van der Waals surface area contributed by atoms with Gasteiger partial charge in [-0.3, -0.25) is 14.9 Å². The van der Waals surface area contributed by atoms with E-state index in [4.69, 9.17) is 4.42 Å². The summed E-state index contributed by atoms with van der Waals surface area (Å²) >= 11 is 1.22. The molecule has 1 N–H and O–H groups in total. The number of hydrogen-bond acceptors (Lipinski definition) is 6. The number of para-hydroxylation sites is 1. The SMILES string of the molecule is Cc1nn(-c2ccccc2)c(C)c1C(=O)C(=O)Nc1nc(-c2ccco2)cs1. The number of carbonyl (C=O) groups excluding carboxylic acids is 2. The zero-order valence-electron chi connectivity index (χ0n) is 15.2. The fourth-order valence-corrected chi connectivity index (χ4v) is 3.62. The molecule has 3 aromatic heterocycles. The number of carbonyl (C=O) groups is 2. The van der Waals surface area contributed by atoms with Gasteiger partial charge >= 0.3 is 0 Å². The number of rotatable bonds is 5. The molecule has 0 saturated heterocycles. The summed E-state index contributed by atoms with van der Waals surface area (Å²) in [6.07, 6.45) is 1.55. The Hall–Kier alpha value is -3.52. The Morgan fingerprint density at radius 2 is 1.89 bits per heavy atom. The van der Waals surface area contributed by atoms with Gasteiger partial charge in [-0.2, -0.15) is 5.10 Å². The van der Waals surface area contributed by atoms with Gasteiger partial charge < -0.3 is 4.42 Å². The fourth-order valence-electron chi connectivity index (χ4n) is 2.93. The van der Waals surface area contributed by atoms with Crippen molar-refractivity contribution < 1.29 is 14.0 Å². The normalized spacial score (nSPS) is 10.8. The van der Waals surface area contributed by atoms with Crippen LogP contribution in [0.1, 0.15) is 21.7 Å². The summed E-state index contributed by atoms with van der Waals surface area (Å²) in [6, 6.07) is 13.0. The minimum Gasteiger partial charge on any atom is -0.463 e. The van der Waals surface area contributed by atoms with E-state index in [-0.39, 0.29) is 0 Å². The van der Waals surface area contributed by atoms with Crippen LogP contribution < -0.4 is 5.32 Å². The maximum Gasteiger partial charge on any atom is 0.298 e. The predicted molar refractivity (Wildman–Crippen MR) is 106 cm³/mol. The van der Waals surface area contributed by atoms with Gasteiger partial charge in [-0.05, 0) is 38.1 Å². The molecule has 0 saturated carbocycles. The van der Waals surface area contributed by atoms with Crippen molar-refractivity contribution >= 4 is 28.2 Å². The number of aryl methyl sites for hydroxylation is 1. The standard InChI is InChI=1S/C20H16N4O3S/c1-12-17(13(2)24(23-12)14-7-4-3-5-8-14)18(25)19(26)22-20-21-15(11-28-20)16-9-6-10-27-16/h3-11H,1-2H3,(H,21,22,26). The van der Waals surface area contributed by atoms with Crippen molar-refractivity contribution in [3.8, 4) is 17.1 Å². The first-order valence-corrected chi connectivity index (χ1v) is 9.39. The van der Waals surface area contributed by atoms with E-state index < -0.39 is 11.7 Å². The summed E-state index contributed by atoms with van der Waals surface area (Å²) in [4.78, 5) is 29.6. The molecule has 0 aliphatic carbocycles. The van der Waals surface area contributed by atoms with Crippen LogP contribution in [-0.2, 0) is 4.79 Å². The highest BCUT2D eigenvalue weighted by Crippen LogP contribution is 2.25. The molecule has 140 valence electrons. The number of nitrogens with zero attached hydrogens (tertiary/aromatic N) is 3. The Morgan fingerprint density at radius 1 is 1.11 bits per heavy atom. The molecule has 1 aromatic carbocycles. The number of nitrogens with one attached hydrogen (secondary N) is 1. The van der Waals surface area contributed by atoms with Crippen LogP contribution in [0.3, 0.4) is 0 Å². The van der Waals surface area contributed by atoms with E-state index in [0.29, 0.717) is 33.5 Å². The lowest BCUT2D eigenvalue weighted by Gasteiger charge is -2.05. The lowest BCUT2D eigenvalue weighted by molar-refractivity contribution is -0.112. The number of amides is 1. The number of aromatic nitrogens is 3. The van der Waals surface area contributed by atoms with E-state index in [9.17, 15) is 9.59 Å². The van der Waals surface area contributed by atoms with Crippen molar-refractivity contribution in [3.05, 3.63) is 71.1 Å². The van der Waals surface area contributed by atoms with Gasteiger partial charge in [0.25, 0.3) is 11.7 Å². The summed E-state index contributed by atoms with van der Waals surface area (Å²) in [7, 11) is 0. The molecule has 28 heavy (non-hydrogen) atoms. The summed E-state index contributed by atoms with van der Waals surface area (Å²) in [5.41, 5.74) is 2.83. The molecule has 4 rings (SSSR count). The van der Waals surface area contributed by atoms with E-state index >= 15 is 0 Å². The molecule has 0 aliphatic heterocycles. The summed E-state index contributed by atoms with van der Waals surface area (Å²) < 4.78 is 6.95. The maximum absolute atomic E-state index is 12.8. The molecule has 3 heterocycles. The van der Waals surface area contributed by atoms with E-state index in [1.165, 1.54) is 11.3 Å². The zero-order chi connectivity index (χ0) is 19.7. The second kappa shape index (κ2) is 7.24.